The Bertz CT molecular complexity index is 292. The summed E-state index contributed by atoms with van der Waals surface area (Å²) in [5, 5.41) is 9.73. The molecule has 1 aliphatic rings. The lowest BCUT2D eigenvalue weighted by Gasteiger charge is -2.24. The molecule has 0 fully saturated rings. The van der Waals surface area contributed by atoms with Gasteiger partial charge in [0.05, 0.1) is 5.92 Å². The molecule has 72 valence electrons. The average molecular weight is 184 g/mol. The quantitative estimate of drug-likeness (QED) is 0.631. The van der Waals surface area contributed by atoms with Crippen LogP contribution in [0.1, 0.15) is 20.8 Å². The number of aliphatic hydroxyl groups is 1. The smallest absolute Gasteiger partial charge is 0.336 e. The maximum atomic E-state index is 11.0. The second-order valence-electron chi connectivity index (χ2n) is 3.30. The lowest BCUT2D eigenvalue weighted by molar-refractivity contribution is -0.194. The van der Waals surface area contributed by atoms with Crippen LogP contribution in [0.15, 0.2) is 11.6 Å². The highest BCUT2D eigenvalue weighted by molar-refractivity contribution is 5.92. The molecule has 1 rings (SSSR count). The van der Waals surface area contributed by atoms with Gasteiger partial charge in [-0.2, -0.15) is 0 Å². The molecule has 13 heavy (non-hydrogen) atoms. The Morgan fingerprint density at radius 1 is 1.69 bits per heavy atom. The molecule has 0 aromatic heterocycles. The summed E-state index contributed by atoms with van der Waals surface area (Å²) >= 11 is 0. The minimum Gasteiger partial charge on any atom is -0.425 e. The van der Waals surface area contributed by atoms with Gasteiger partial charge in [0, 0.05) is 5.57 Å². The van der Waals surface area contributed by atoms with Crippen molar-refractivity contribution in [2.45, 2.75) is 26.6 Å². The van der Waals surface area contributed by atoms with Gasteiger partial charge in [0.2, 0.25) is 5.79 Å². The number of ether oxygens (including phenoxy) is 1. The Kier molecular flexibility index (Phi) is 2.26. The Labute approximate surface area is 76.2 Å². The minimum atomic E-state index is -1.74. The molecule has 1 heterocycles. The Morgan fingerprint density at radius 2 is 2.23 bits per heavy atom. The topological polar surface area (TPSA) is 63.6 Å². The monoisotopic (exact) mass is 184 g/mol. The number of Topliss-reactive ketones (excluding diaryl/α,β-unsaturated/α-hetero) is 1. The van der Waals surface area contributed by atoms with Crippen molar-refractivity contribution in [2.24, 2.45) is 5.92 Å². The molecule has 0 aromatic rings. The van der Waals surface area contributed by atoms with E-state index in [1.54, 1.807) is 0 Å². The van der Waals surface area contributed by atoms with Gasteiger partial charge in [0.25, 0.3) is 0 Å². The third-order valence-corrected chi connectivity index (χ3v) is 2.23. The standard InChI is InChI=1S/C9H12O4/c1-5-4-9(12,13-8(5)11)6(2)7(3)10/h4,6,12H,1-3H3/t6-,9?/m1/s1. The van der Waals surface area contributed by atoms with Gasteiger partial charge in [0.15, 0.2) is 0 Å². The molecule has 0 amide bonds. The van der Waals surface area contributed by atoms with Gasteiger partial charge in [-0.3, -0.25) is 4.79 Å². The second-order valence-corrected chi connectivity index (χ2v) is 3.30. The highest BCUT2D eigenvalue weighted by atomic mass is 16.7. The molecule has 0 spiro atoms. The van der Waals surface area contributed by atoms with Gasteiger partial charge in [-0.15, -0.1) is 0 Å². The van der Waals surface area contributed by atoms with E-state index in [-0.39, 0.29) is 5.78 Å². The average Bonchev–Trinajstić information content (AvgIpc) is 2.26. The lowest BCUT2D eigenvalue weighted by atomic mass is 9.96. The van der Waals surface area contributed by atoms with E-state index in [0.29, 0.717) is 5.57 Å². The van der Waals surface area contributed by atoms with Crippen molar-refractivity contribution in [1.29, 1.82) is 0 Å². The fourth-order valence-electron chi connectivity index (χ4n) is 1.13. The van der Waals surface area contributed by atoms with Crippen LogP contribution in [-0.2, 0) is 14.3 Å². The molecule has 0 aromatic carbocycles. The highest BCUT2D eigenvalue weighted by Crippen LogP contribution is 2.29. The van der Waals surface area contributed by atoms with E-state index in [1.807, 2.05) is 0 Å². The molecular weight excluding hydrogens is 172 g/mol. The minimum absolute atomic E-state index is 0.221. The van der Waals surface area contributed by atoms with Crippen LogP contribution in [0.25, 0.3) is 0 Å². The van der Waals surface area contributed by atoms with Crippen molar-refractivity contribution in [1.82, 2.24) is 0 Å². The summed E-state index contributed by atoms with van der Waals surface area (Å²) in [7, 11) is 0. The highest BCUT2D eigenvalue weighted by Gasteiger charge is 2.43. The van der Waals surface area contributed by atoms with Gasteiger partial charge < -0.3 is 9.84 Å². The normalized spacial score (nSPS) is 29.5. The number of hydrogen-bond donors (Lipinski definition) is 1. The maximum absolute atomic E-state index is 11.0. The summed E-state index contributed by atoms with van der Waals surface area (Å²) in [6.07, 6.45) is 1.28. The molecule has 0 bridgehead atoms. The number of rotatable bonds is 2. The number of ketones is 1. The van der Waals surface area contributed by atoms with Crippen molar-refractivity contribution >= 4 is 11.8 Å². The zero-order chi connectivity index (χ0) is 10.2. The zero-order valence-corrected chi connectivity index (χ0v) is 7.83. The first-order valence-electron chi connectivity index (χ1n) is 4.02. The van der Waals surface area contributed by atoms with Crippen LogP contribution in [0.3, 0.4) is 0 Å². The Morgan fingerprint density at radius 3 is 2.54 bits per heavy atom. The fourth-order valence-corrected chi connectivity index (χ4v) is 1.13. The van der Waals surface area contributed by atoms with Crippen molar-refractivity contribution in [3.8, 4) is 0 Å². The summed E-state index contributed by atoms with van der Waals surface area (Å²) in [6.45, 7) is 4.40. The molecule has 0 saturated carbocycles. The number of esters is 1. The van der Waals surface area contributed by atoms with Crippen molar-refractivity contribution in [2.75, 3.05) is 0 Å². The van der Waals surface area contributed by atoms with Crippen LogP contribution in [-0.4, -0.2) is 22.6 Å². The number of carbonyl (C=O) groups is 2. The van der Waals surface area contributed by atoms with Crippen LogP contribution in [0.2, 0.25) is 0 Å². The zero-order valence-electron chi connectivity index (χ0n) is 7.83. The molecule has 1 aliphatic heterocycles. The van der Waals surface area contributed by atoms with E-state index < -0.39 is 17.7 Å². The first-order chi connectivity index (χ1) is 5.87. The largest absolute Gasteiger partial charge is 0.425 e. The molecular formula is C9H12O4. The summed E-state index contributed by atoms with van der Waals surface area (Å²) < 4.78 is 4.69. The summed E-state index contributed by atoms with van der Waals surface area (Å²) in [6, 6.07) is 0. The molecule has 0 radical (unpaired) electrons. The van der Waals surface area contributed by atoms with Crippen LogP contribution in [0.4, 0.5) is 0 Å². The van der Waals surface area contributed by atoms with E-state index in [9.17, 15) is 14.7 Å². The molecule has 4 nitrogen and oxygen atoms in total. The van der Waals surface area contributed by atoms with E-state index in [2.05, 4.69) is 4.74 Å². The van der Waals surface area contributed by atoms with Gasteiger partial charge in [-0.1, -0.05) is 0 Å². The van der Waals surface area contributed by atoms with Crippen LogP contribution in [0.5, 0.6) is 0 Å². The van der Waals surface area contributed by atoms with Gasteiger partial charge >= 0.3 is 5.97 Å². The number of carbonyl (C=O) groups excluding carboxylic acids is 2. The Balaban J connectivity index is 2.93. The van der Waals surface area contributed by atoms with E-state index in [1.165, 1.54) is 26.8 Å². The van der Waals surface area contributed by atoms with Crippen LogP contribution < -0.4 is 0 Å². The Hall–Kier alpha value is -1.16. The summed E-state index contributed by atoms with van der Waals surface area (Å²) in [5.74, 6) is -3.27. The third kappa shape index (κ3) is 1.62. The molecule has 0 aliphatic carbocycles. The van der Waals surface area contributed by atoms with Crippen molar-refractivity contribution in [3.05, 3.63) is 11.6 Å². The predicted octanol–water partition coefficient (Wildman–Crippen LogP) is 0.403. The van der Waals surface area contributed by atoms with Gasteiger partial charge in [0.1, 0.15) is 5.78 Å². The molecule has 4 heteroatoms. The molecule has 2 atom stereocenters. The first kappa shape index (κ1) is 9.92. The van der Waals surface area contributed by atoms with Gasteiger partial charge in [-0.05, 0) is 26.8 Å². The molecule has 0 saturated heterocycles. The third-order valence-electron chi connectivity index (χ3n) is 2.23. The number of hydrogen-bond acceptors (Lipinski definition) is 4. The van der Waals surface area contributed by atoms with E-state index >= 15 is 0 Å². The van der Waals surface area contributed by atoms with Crippen LogP contribution in [0, 0.1) is 5.92 Å². The molecule has 1 N–H and O–H groups in total. The summed E-state index contributed by atoms with van der Waals surface area (Å²) in [5.41, 5.74) is 0.329. The maximum Gasteiger partial charge on any atom is 0.336 e. The predicted molar refractivity (Wildman–Crippen MR) is 44.6 cm³/mol. The van der Waals surface area contributed by atoms with Crippen LogP contribution >= 0.6 is 0 Å². The SMILES string of the molecule is CC(=O)[C@@H](C)C1(O)C=C(C)C(=O)O1. The first-order valence-corrected chi connectivity index (χ1v) is 4.02. The van der Waals surface area contributed by atoms with Gasteiger partial charge in [-0.25, -0.2) is 4.79 Å². The lowest BCUT2D eigenvalue weighted by Crippen LogP contribution is -2.39. The van der Waals surface area contributed by atoms with Crippen molar-refractivity contribution < 1.29 is 19.4 Å². The summed E-state index contributed by atoms with van der Waals surface area (Å²) in [4.78, 5) is 21.9. The fraction of sp³-hybridized carbons (Fsp3) is 0.556. The number of cyclic esters (lactones) is 1. The van der Waals surface area contributed by atoms with Crippen molar-refractivity contribution in [3.63, 3.8) is 0 Å². The van der Waals surface area contributed by atoms with E-state index in [4.69, 9.17) is 0 Å². The van der Waals surface area contributed by atoms with E-state index in [0.717, 1.165) is 0 Å². The second kappa shape index (κ2) is 2.96. The molecule has 1 unspecified atom stereocenters.